The maximum absolute atomic E-state index is 13.9. The van der Waals surface area contributed by atoms with E-state index in [0.29, 0.717) is 10.7 Å². The lowest BCUT2D eigenvalue weighted by Crippen LogP contribution is -2.61. The normalized spacial score (nSPS) is 17.1. The van der Waals surface area contributed by atoms with Crippen LogP contribution in [0.1, 0.15) is 23.6 Å². The van der Waals surface area contributed by atoms with Gasteiger partial charge < -0.3 is 4.90 Å². The number of hydrogen-bond acceptors (Lipinski definition) is 2. The highest BCUT2D eigenvalue weighted by Gasteiger charge is 2.42. The topological polar surface area (TPSA) is 40.6 Å². The van der Waals surface area contributed by atoms with E-state index in [1.165, 1.54) is 0 Å². The van der Waals surface area contributed by atoms with Crippen molar-refractivity contribution in [2.75, 3.05) is 16.3 Å². The molecule has 0 aliphatic carbocycles. The molecule has 1 saturated heterocycles. The van der Waals surface area contributed by atoms with Crippen LogP contribution in [-0.4, -0.2) is 24.4 Å². The van der Waals surface area contributed by atoms with E-state index in [9.17, 15) is 9.59 Å². The lowest BCUT2D eigenvalue weighted by molar-refractivity contribution is -0.127. The van der Waals surface area contributed by atoms with Crippen molar-refractivity contribution in [3.63, 3.8) is 0 Å². The predicted molar refractivity (Wildman–Crippen MR) is 131 cm³/mol. The van der Waals surface area contributed by atoms with Gasteiger partial charge in [-0.15, -0.1) is 0 Å². The predicted octanol–water partition coefficient (Wildman–Crippen LogP) is 5.81. The van der Waals surface area contributed by atoms with Gasteiger partial charge in [-0.1, -0.05) is 60.1 Å². The molecule has 0 spiro atoms. The first-order valence-electron chi connectivity index (χ1n) is 10.6. The molecule has 4 rings (SSSR count). The summed E-state index contributed by atoms with van der Waals surface area (Å²) in [7, 11) is 0. The lowest BCUT2D eigenvalue weighted by atomic mass is 9.97. The molecule has 3 aromatic carbocycles. The molecule has 0 aromatic heterocycles. The summed E-state index contributed by atoms with van der Waals surface area (Å²) < 4.78 is 0. The van der Waals surface area contributed by atoms with Crippen LogP contribution < -0.4 is 9.80 Å². The van der Waals surface area contributed by atoms with Gasteiger partial charge >= 0.3 is 0 Å². The van der Waals surface area contributed by atoms with Crippen molar-refractivity contribution in [2.45, 2.75) is 26.8 Å². The van der Waals surface area contributed by atoms with E-state index in [0.717, 1.165) is 28.0 Å². The van der Waals surface area contributed by atoms with Gasteiger partial charge in [0.1, 0.15) is 12.6 Å². The second-order valence-corrected chi connectivity index (χ2v) is 8.52. The van der Waals surface area contributed by atoms with Crippen molar-refractivity contribution >= 4 is 40.9 Å². The van der Waals surface area contributed by atoms with Gasteiger partial charge in [0.15, 0.2) is 0 Å². The second kappa shape index (κ2) is 9.01. The highest BCUT2D eigenvalue weighted by Crippen LogP contribution is 2.32. The molecule has 3 aromatic rings. The molecule has 1 atom stereocenters. The second-order valence-electron chi connectivity index (χ2n) is 8.09. The Balaban J connectivity index is 1.82. The van der Waals surface area contributed by atoms with Gasteiger partial charge in [-0.3, -0.25) is 14.5 Å². The van der Waals surface area contributed by atoms with Crippen molar-refractivity contribution in [1.82, 2.24) is 0 Å². The quantitative estimate of drug-likeness (QED) is 0.509. The Morgan fingerprint density at radius 3 is 2.31 bits per heavy atom. The summed E-state index contributed by atoms with van der Waals surface area (Å²) in [4.78, 5) is 30.5. The average Bonchev–Trinajstić information content (AvgIpc) is 2.78. The number of aryl methyl sites for hydroxylation is 1. The number of benzene rings is 3. The third-order valence-electron chi connectivity index (χ3n) is 5.92. The minimum atomic E-state index is -0.752. The number of rotatable bonds is 4. The van der Waals surface area contributed by atoms with Crippen molar-refractivity contribution in [3.05, 3.63) is 100 Å². The maximum Gasteiger partial charge on any atom is 0.254 e. The zero-order chi connectivity index (χ0) is 22.8. The van der Waals surface area contributed by atoms with Crippen LogP contribution in [0.2, 0.25) is 5.02 Å². The molecule has 0 bridgehead atoms. The highest BCUT2D eigenvalue weighted by atomic mass is 35.5. The third kappa shape index (κ3) is 4.19. The Morgan fingerprint density at radius 2 is 1.62 bits per heavy atom. The fourth-order valence-corrected chi connectivity index (χ4v) is 4.23. The first-order valence-corrected chi connectivity index (χ1v) is 10.9. The summed E-state index contributed by atoms with van der Waals surface area (Å²) >= 11 is 6.07. The van der Waals surface area contributed by atoms with E-state index in [-0.39, 0.29) is 18.4 Å². The van der Waals surface area contributed by atoms with E-state index in [1.54, 1.807) is 34.1 Å². The summed E-state index contributed by atoms with van der Waals surface area (Å²) in [6.07, 6.45) is 1.96. The molecule has 162 valence electrons. The number of carbonyl (C=O) groups is 2. The van der Waals surface area contributed by atoms with Crippen molar-refractivity contribution in [3.8, 4) is 0 Å². The van der Waals surface area contributed by atoms with Crippen molar-refractivity contribution in [1.29, 1.82) is 0 Å². The van der Waals surface area contributed by atoms with Gasteiger partial charge in [0, 0.05) is 16.4 Å². The number of nitrogens with zero attached hydrogens (tertiary/aromatic N) is 2. The Morgan fingerprint density at radius 1 is 0.938 bits per heavy atom. The minimum absolute atomic E-state index is 0.0130. The van der Waals surface area contributed by atoms with Gasteiger partial charge in [-0.2, -0.15) is 0 Å². The molecule has 2 amide bonds. The lowest BCUT2D eigenvalue weighted by Gasteiger charge is -2.41. The molecule has 1 aliphatic heterocycles. The molecule has 1 fully saturated rings. The molecule has 1 heterocycles. The Kier molecular flexibility index (Phi) is 6.15. The SMILES string of the molecule is C/C(=C\c1ccccc1)[C@@H]1C(=O)N(c2cccc(C)c2C)CC(=O)N1c1ccc(Cl)cc1. The molecule has 5 heteroatoms. The first-order chi connectivity index (χ1) is 15.4. The summed E-state index contributed by atoms with van der Waals surface area (Å²) in [5.41, 5.74) is 5.27. The zero-order valence-electron chi connectivity index (χ0n) is 18.4. The largest absolute Gasteiger partial charge is 0.301 e. The number of halogens is 1. The number of anilines is 2. The van der Waals surface area contributed by atoms with Crippen LogP contribution in [0.15, 0.2) is 78.4 Å². The van der Waals surface area contributed by atoms with Crippen molar-refractivity contribution < 1.29 is 9.59 Å². The molecular formula is C27H25ClN2O2. The third-order valence-corrected chi connectivity index (χ3v) is 6.17. The van der Waals surface area contributed by atoms with E-state index in [1.807, 2.05) is 75.4 Å². The smallest absolute Gasteiger partial charge is 0.254 e. The molecule has 32 heavy (non-hydrogen) atoms. The summed E-state index contributed by atoms with van der Waals surface area (Å²) in [5.74, 6) is -0.267. The van der Waals surface area contributed by atoms with Crippen LogP contribution in [0, 0.1) is 13.8 Å². The molecule has 1 aliphatic rings. The van der Waals surface area contributed by atoms with Crippen LogP contribution in [0.4, 0.5) is 11.4 Å². The summed E-state index contributed by atoms with van der Waals surface area (Å²) in [6.45, 7) is 5.88. The van der Waals surface area contributed by atoms with Crippen LogP contribution in [0.25, 0.3) is 6.08 Å². The number of carbonyl (C=O) groups excluding carboxylic acids is 2. The van der Waals surface area contributed by atoms with E-state index in [2.05, 4.69) is 0 Å². The summed E-state index contributed by atoms with van der Waals surface area (Å²) in [5, 5.41) is 0.578. The van der Waals surface area contributed by atoms with Gasteiger partial charge in [-0.25, -0.2) is 0 Å². The monoisotopic (exact) mass is 444 g/mol. The molecular weight excluding hydrogens is 420 g/mol. The fraction of sp³-hybridized carbons (Fsp3) is 0.185. The fourth-order valence-electron chi connectivity index (χ4n) is 4.11. The van der Waals surface area contributed by atoms with Crippen LogP contribution in [0.3, 0.4) is 0 Å². The van der Waals surface area contributed by atoms with Gasteiger partial charge in [0.2, 0.25) is 5.91 Å². The molecule has 4 nitrogen and oxygen atoms in total. The van der Waals surface area contributed by atoms with Gasteiger partial charge in [0.05, 0.1) is 0 Å². The minimum Gasteiger partial charge on any atom is -0.301 e. The van der Waals surface area contributed by atoms with Crippen LogP contribution >= 0.6 is 11.6 Å². The van der Waals surface area contributed by atoms with Crippen LogP contribution in [0.5, 0.6) is 0 Å². The first kappa shape index (κ1) is 21.8. The van der Waals surface area contributed by atoms with Gasteiger partial charge in [0.25, 0.3) is 5.91 Å². The van der Waals surface area contributed by atoms with Crippen molar-refractivity contribution in [2.24, 2.45) is 0 Å². The van der Waals surface area contributed by atoms with E-state index < -0.39 is 6.04 Å². The van der Waals surface area contributed by atoms with E-state index >= 15 is 0 Å². The number of amides is 2. The molecule has 0 N–H and O–H groups in total. The number of hydrogen-bond donors (Lipinski definition) is 0. The zero-order valence-corrected chi connectivity index (χ0v) is 19.1. The maximum atomic E-state index is 13.9. The summed E-state index contributed by atoms with van der Waals surface area (Å²) in [6, 6.07) is 21.9. The Labute approximate surface area is 193 Å². The molecule has 0 unspecified atom stereocenters. The van der Waals surface area contributed by atoms with E-state index in [4.69, 9.17) is 11.6 Å². The van der Waals surface area contributed by atoms with Crippen LogP contribution in [-0.2, 0) is 9.59 Å². The Hall–Kier alpha value is -3.37. The number of piperazine rings is 1. The standard InChI is InChI=1S/C27H25ClN2O2/c1-18-8-7-11-24(20(18)3)29-17-25(31)30(23-14-12-22(28)13-15-23)26(27(29)32)19(2)16-21-9-5-4-6-10-21/h4-16,26H,17H2,1-3H3/b19-16+/t26-/m1/s1. The molecule has 0 radical (unpaired) electrons. The highest BCUT2D eigenvalue weighted by molar-refractivity contribution is 6.30. The molecule has 0 saturated carbocycles. The average molecular weight is 445 g/mol. The Bertz CT molecular complexity index is 1190. The van der Waals surface area contributed by atoms with Gasteiger partial charge in [-0.05, 0) is 73.4 Å².